The smallest absolute Gasteiger partial charge is 0.174 e. The van der Waals surface area contributed by atoms with Crippen molar-refractivity contribution in [1.29, 1.82) is 0 Å². The van der Waals surface area contributed by atoms with E-state index in [0.29, 0.717) is 5.11 Å². The third kappa shape index (κ3) is 3.39. The molecule has 5 nitrogen and oxygen atoms in total. The van der Waals surface area contributed by atoms with Crippen molar-refractivity contribution in [3.8, 4) is 5.69 Å². The van der Waals surface area contributed by atoms with Crippen molar-refractivity contribution in [3.63, 3.8) is 0 Å². The van der Waals surface area contributed by atoms with E-state index in [0.717, 1.165) is 22.8 Å². The molecular weight excluding hydrogens is 402 g/mol. The van der Waals surface area contributed by atoms with Gasteiger partial charge in [0.1, 0.15) is 0 Å². The quantitative estimate of drug-likeness (QED) is 0.463. The summed E-state index contributed by atoms with van der Waals surface area (Å²) in [5.74, 6) is 0. The standard InChI is InChI=1S/C25H23N5S/c1-17-15-21(18(2)29(17)20-11-8-13-26-16-20)24-23(22-12-6-7-14-27-22)28-25(31)30(24)19-9-4-3-5-10-19/h3-16,23-24H,1-2H3,(H,28,31)/t23-,24+/m1/s1. The molecule has 3 aromatic heterocycles. The van der Waals surface area contributed by atoms with Crippen molar-refractivity contribution in [3.05, 3.63) is 108 Å². The molecule has 0 saturated carbocycles. The summed E-state index contributed by atoms with van der Waals surface area (Å²) in [5, 5.41) is 4.24. The van der Waals surface area contributed by atoms with E-state index in [1.807, 2.05) is 48.8 Å². The molecule has 0 spiro atoms. The Hall–Kier alpha value is -3.51. The Labute approximate surface area is 187 Å². The average molecular weight is 426 g/mol. The van der Waals surface area contributed by atoms with Crippen molar-refractivity contribution in [2.45, 2.75) is 25.9 Å². The maximum Gasteiger partial charge on any atom is 0.174 e. The molecule has 1 aromatic carbocycles. The summed E-state index contributed by atoms with van der Waals surface area (Å²) in [7, 11) is 0. The van der Waals surface area contributed by atoms with Gasteiger partial charge >= 0.3 is 0 Å². The minimum absolute atomic E-state index is 0.0265. The number of rotatable bonds is 4. The lowest BCUT2D eigenvalue weighted by Crippen LogP contribution is -2.29. The number of nitrogens with one attached hydrogen (secondary N) is 1. The molecule has 4 aromatic rings. The highest BCUT2D eigenvalue weighted by molar-refractivity contribution is 7.80. The van der Waals surface area contributed by atoms with Gasteiger partial charge in [0.2, 0.25) is 0 Å². The van der Waals surface area contributed by atoms with Gasteiger partial charge in [-0.05, 0) is 74.1 Å². The number of hydrogen-bond acceptors (Lipinski definition) is 3. The molecular formula is C25H23N5S. The predicted molar refractivity (Wildman–Crippen MR) is 127 cm³/mol. The van der Waals surface area contributed by atoms with Crippen LogP contribution < -0.4 is 10.2 Å². The Balaban J connectivity index is 1.68. The minimum atomic E-state index is -0.0586. The lowest BCUT2D eigenvalue weighted by molar-refractivity contribution is 0.565. The van der Waals surface area contributed by atoms with Crippen molar-refractivity contribution >= 4 is 23.0 Å². The molecule has 1 fully saturated rings. The normalized spacial score (nSPS) is 18.3. The van der Waals surface area contributed by atoms with Crippen molar-refractivity contribution in [1.82, 2.24) is 19.9 Å². The van der Waals surface area contributed by atoms with E-state index in [-0.39, 0.29) is 12.1 Å². The van der Waals surface area contributed by atoms with Gasteiger partial charge in [-0.25, -0.2) is 0 Å². The van der Waals surface area contributed by atoms with Gasteiger partial charge in [0, 0.05) is 29.5 Å². The van der Waals surface area contributed by atoms with Crippen LogP contribution >= 0.6 is 12.2 Å². The second-order valence-electron chi connectivity index (χ2n) is 7.71. The number of pyridine rings is 2. The first-order valence-electron chi connectivity index (χ1n) is 10.3. The summed E-state index contributed by atoms with van der Waals surface area (Å²) in [6, 6.07) is 22.6. The highest BCUT2D eigenvalue weighted by Crippen LogP contribution is 2.43. The van der Waals surface area contributed by atoms with Crippen molar-refractivity contribution < 1.29 is 0 Å². The zero-order valence-corrected chi connectivity index (χ0v) is 18.3. The summed E-state index contributed by atoms with van der Waals surface area (Å²) >= 11 is 5.82. The van der Waals surface area contributed by atoms with Gasteiger partial charge < -0.3 is 14.8 Å². The summed E-state index contributed by atoms with van der Waals surface area (Å²) in [5.41, 5.74) is 6.63. The van der Waals surface area contributed by atoms with Crippen LogP contribution in [0.25, 0.3) is 5.69 Å². The third-order valence-corrected chi connectivity index (χ3v) is 6.14. The van der Waals surface area contributed by atoms with Gasteiger partial charge in [-0.2, -0.15) is 0 Å². The van der Waals surface area contributed by atoms with Crippen LogP contribution in [0.15, 0.2) is 85.3 Å². The number of aromatic nitrogens is 3. The molecule has 2 atom stereocenters. The molecule has 0 radical (unpaired) electrons. The summed E-state index contributed by atoms with van der Waals surface area (Å²) in [6.45, 7) is 4.29. The molecule has 1 saturated heterocycles. The van der Waals surface area contributed by atoms with Crippen LogP contribution in [0.1, 0.15) is 34.7 Å². The maximum absolute atomic E-state index is 5.82. The zero-order valence-electron chi connectivity index (χ0n) is 17.4. The van der Waals surface area contributed by atoms with E-state index >= 15 is 0 Å². The van der Waals surface area contributed by atoms with E-state index in [4.69, 9.17) is 12.2 Å². The second-order valence-corrected chi connectivity index (χ2v) is 8.09. The number of hydrogen-bond donors (Lipinski definition) is 1. The number of nitrogens with zero attached hydrogens (tertiary/aromatic N) is 4. The van der Waals surface area contributed by atoms with Crippen LogP contribution in [0.2, 0.25) is 0 Å². The molecule has 6 heteroatoms. The fraction of sp³-hybridized carbons (Fsp3) is 0.160. The van der Waals surface area contributed by atoms with E-state index < -0.39 is 0 Å². The molecule has 5 rings (SSSR count). The fourth-order valence-corrected chi connectivity index (χ4v) is 4.85. The van der Waals surface area contributed by atoms with Crippen LogP contribution in [0, 0.1) is 13.8 Å². The van der Waals surface area contributed by atoms with Gasteiger partial charge in [0.05, 0.1) is 29.7 Å². The molecule has 1 aliphatic rings. The largest absolute Gasteiger partial charge is 0.351 e. The number of benzene rings is 1. The highest BCUT2D eigenvalue weighted by Gasteiger charge is 2.42. The molecule has 0 aliphatic carbocycles. The first kappa shape index (κ1) is 19.5. The molecule has 0 amide bonds. The Bertz CT molecular complexity index is 1200. The third-order valence-electron chi connectivity index (χ3n) is 5.83. The van der Waals surface area contributed by atoms with Crippen LogP contribution in [0.3, 0.4) is 0 Å². The van der Waals surface area contributed by atoms with Gasteiger partial charge in [-0.1, -0.05) is 24.3 Å². The van der Waals surface area contributed by atoms with Gasteiger partial charge in [-0.3, -0.25) is 9.97 Å². The Morgan fingerprint density at radius 3 is 2.39 bits per heavy atom. The van der Waals surface area contributed by atoms with Crippen LogP contribution in [-0.4, -0.2) is 19.6 Å². The molecule has 4 heterocycles. The highest BCUT2D eigenvalue weighted by atomic mass is 32.1. The molecule has 0 unspecified atom stereocenters. The lowest BCUT2D eigenvalue weighted by atomic mass is 9.96. The maximum atomic E-state index is 5.82. The van der Waals surface area contributed by atoms with E-state index in [1.165, 1.54) is 11.3 Å². The Morgan fingerprint density at radius 1 is 0.903 bits per heavy atom. The first-order valence-corrected chi connectivity index (χ1v) is 10.7. The van der Waals surface area contributed by atoms with Gasteiger partial charge in [0.15, 0.2) is 5.11 Å². The first-order chi connectivity index (χ1) is 15.1. The summed E-state index contributed by atoms with van der Waals surface area (Å²) < 4.78 is 2.25. The van der Waals surface area contributed by atoms with E-state index in [9.17, 15) is 0 Å². The fourth-order valence-electron chi connectivity index (χ4n) is 4.51. The minimum Gasteiger partial charge on any atom is -0.351 e. The molecule has 1 aliphatic heterocycles. The number of anilines is 1. The summed E-state index contributed by atoms with van der Waals surface area (Å²) in [4.78, 5) is 11.2. The topological polar surface area (TPSA) is 46.0 Å². The molecule has 31 heavy (non-hydrogen) atoms. The van der Waals surface area contributed by atoms with Crippen LogP contribution in [-0.2, 0) is 0 Å². The molecule has 0 bridgehead atoms. The summed E-state index contributed by atoms with van der Waals surface area (Å²) in [6.07, 6.45) is 5.53. The lowest BCUT2D eigenvalue weighted by Gasteiger charge is -2.28. The number of para-hydroxylation sites is 1. The molecule has 1 N–H and O–H groups in total. The Morgan fingerprint density at radius 2 is 1.68 bits per heavy atom. The van der Waals surface area contributed by atoms with E-state index in [2.05, 4.69) is 68.9 Å². The van der Waals surface area contributed by atoms with Gasteiger partial charge in [-0.15, -0.1) is 0 Å². The van der Waals surface area contributed by atoms with Gasteiger partial charge in [0.25, 0.3) is 0 Å². The predicted octanol–water partition coefficient (Wildman–Crippen LogP) is 5.06. The zero-order chi connectivity index (χ0) is 21.4. The SMILES string of the molecule is Cc1cc([C@H]2[C@@H](c3ccccn3)NC(=S)N2c2ccccc2)c(C)n1-c1cccnc1. The second kappa shape index (κ2) is 7.96. The monoisotopic (exact) mass is 425 g/mol. The average Bonchev–Trinajstić information content (AvgIpc) is 3.30. The van der Waals surface area contributed by atoms with Crippen molar-refractivity contribution in [2.24, 2.45) is 0 Å². The van der Waals surface area contributed by atoms with Crippen molar-refractivity contribution in [2.75, 3.05) is 4.90 Å². The number of thiocarbonyl (C=S) groups is 1. The number of aryl methyl sites for hydroxylation is 1. The molecule has 154 valence electrons. The Kier molecular flexibility index (Phi) is 5.00. The van der Waals surface area contributed by atoms with E-state index in [1.54, 1.807) is 6.20 Å². The van der Waals surface area contributed by atoms with Crippen LogP contribution in [0.5, 0.6) is 0 Å². The van der Waals surface area contributed by atoms with Crippen LogP contribution in [0.4, 0.5) is 5.69 Å².